The van der Waals surface area contributed by atoms with Crippen LogP contribution in [0.5, 0.6) is 0 Å². The van der Waals surface area contributed by atoms with Gasteiger partial charge in [0.1, 0.15) is 0 Å². The van der Waals surface area contributed by atoms with Crippen LogP contribution in [0.15, 0.2) is 15.9 Å². The summed E-state index contributed by atoms with van der Waals surface area (Å²) in [5, 5.41) is 2.75. The van der Waals surface area contributed by atoms with E-state index in [1.165, 1.54) is 11.3 Å². The van der Waals surface area contributed by atoms with E-state index in [1.54, 1.807) is 19.9 Å². The largest absolute Gasteiger partial charge is 0.336 e. The standard InChI is InChI=1S/C10H10BrNOS/c1-4-10(2,3)12-9(13)7-5-6-8(11)14-7/h1,5-6H,2-3H3,(H,12,13). The van der Waals surface area contributed by atoms with Crippen molar-refractivity contribution in [3.8, 4) is 12.3 Å². The third kappa shape index (κ3) is 2.86. The molecule has 0 radical (unpaired) electrons. The maximum atomic E-state index is 11.6. The Hall–Kier alpha value is -0.790. The fraction of sp³-hybridized carbons (Fsp3) is 0.300. The Balaban J connectivity index is 2.74. The summed E-state index contributed by atoms with van der Waals surface area (Å²) in [4.78, 5) is 12.3. The van der Waals surface area contributed by atoms with Crippen LogP contribution in [0.2, 0.25) is 0 Å². The molecule has 0 bridgehead atoms. The molecule has 0 unspecified atom stereocenters. The zero-order valence-electron chi connectivity index (χ0n) is 7.93. The van der Waals surface area contributed by atoms with Crippen LogP contribution in [-0.4, -0.2) is 11.4 Å². The minimum absolute atomic E-state index is 0.136. The minimum atomic E-state index is -0.604. The molecule has 1 aromatic rings. The summed E-state index contributed by atoms with van der Waals surface area (Å²) >= 11 is 4.68. The normalized spacial score (nSPS) is 10.7. The van der Waals surface area contributed by atoms with E-state index in [9.17, 15) is 4.79 Å². The lowest BCUT2D eigenvalue weighted by atomic mass is 10.1. The van der Waals surface area contributed by atoms with Gasteiger partial charge in [-0.15, -0.1) is 17.8 Å². The highest BCUT2D eigenvalue weighted by molar-refractivity contribution is 9.11. The van der Waals surface area contributed by atoms with E-state index in [-0.39, 0.29) is 5.91 Å². The zero-order valence-corrected chi connectivity index (χ0v) is 10.3. The van der Waals surface area contributed by atoms with E-state index in [0.29, 0.717) is 4.88 Å². The maximum absolute atomic E-state index is 11.6. The highest BCUT2D eigenvalue weighted by Crippen LogP contribution is 2.22. The topological polar surface area (TPSA) is 29.1 Å². The molecule has 4 heteroatoms. The molecule has 0 aliphatic rings. The number of nitrogens with one attached hydrogen (secondary N) is 1. The second kappa shape index (κ2) is 4.16. The second-order valence-corrected chi connectivity index (χ2v) is 5.79. The van der Waals surface area contributed by atoms with Crippen molar-refractivity contribution in [2.45, 2.75) is 19.4 Å². The Kier molecular flexibility index (Phi) is 3.35. The Bertz CT molecular complexity index is 389. The molecule has 1 rings (SSSR count). The quantitative estimate of drug-likeness (QED) is 0.824. The first-order valence-corrected chi connectivity index (χ1v) is 5.61. The van der Waals surface area contributed by atoms with E-state index in [1.807, 2.05) is 6.07 Å². The van der Waals surface area contributed by atoms with Crippen LogP contribution in [0.25, 0.3) is 0 Å². The monoisotopic (exact) mass is 271 g/mol. The Labute approximate surface area is 95.8 Å². The summed E-state index contributed by atoms with van der Waals surface area (Å²) in [7, 11) is 0. The lowest BCUT2D eigenvalue weighted by molar-refractivity contribution is 0.0934. The van der Waals surface area contributed by atoms with Crippen molar-refractivity contribution in [1.82, 2.24) is 5.32 Å². The SMILES string of the molecule is C#CC(C)(C)NC(=O)c1ccc(Br)s1. The van der Waals surface area contributed by atoms with Gasteiger partial charge in [-0.05, 0) is 41.9 Å². The van der Waals surface area contributed by atoms with Crippen molar-refractivity contribution in [2.24, 2.45) is 0 Å². The Morgan fingerprint density at radius 2 is 2.29 bits per heavy atom. The third-order valence-electron chi connectivity index (χ3n) is 1.58. The van der Waals surface area contributed by atoms with Crippen LogP contribution >= 0.6 is 27.3 Å². The molecule has 1 N–H and O–H groups in total. The fourth-order valence-electron chi connectivity index (χ4n) is 0.818. The number of halogens is 1. The zero-order chi connectivity index (χ0) is 10.8. The molecule has 1 amide bonds. The molecule has 0 aliphatic heterocycles. The molecule has 0 aliphatic carbocycles. The molecule has 0 saturated carbocycles. The first kappa shape index (κ1) is 11.3. The highest BCUT2D eigenvalue weighted by atomic mass is 79.9. The average molecular weight is 272 g/mol. The molecule has 1 aromatic heterocycles. The fourth-order valence-corrected chi connectivity index (χ4v) is 2.10. The first-order chi connectivity index (χ1) is 6.44. The summed E-state index contributed by atoms with van der Waals surface area (Å²) in [6.07, 6.45) is 5.27. The minimum Gasteiger partial charge on any atom is -0.336 e. The van der Waals surface area contributed by atoms with Gasteiger partial charge in [0.05, 0.1) is 14.2 Å². The number of amides is 1. The predicted octanol–water partition coefficient (Wildman–Crippen LogP) is 2.65. The highest BCUT2D eigenvalue weighted by Gasteiger charge is 2.18. The van der Waals surface area contributed by atoms with Gasteiger partial charge in [0, 0.05) is 0 Å². The summed E-state index contributed by atoms with van der Waals surface area (Å²) in [6, 6.07) is 3.60. The number of carbonyl (C=O) groups excluding carboxylic acids is 1. The van der Waals surface area contributed by atoms with Gasteiger partial charge in [0.2, 0.25) is 0 Å². The average Bonchev–Trinajstić information content (AvgIpc) is 2.51. The van der Waals surface area contributed by atoms with Crippen LogP contribution in [0.1, 0.15) is 23.5 Å². The molecular formula is C10H10BrNOS. The molecular weight excluding hydrogens is 262 g/mol. The van der Waals surface area contributed by atoms with Gasteiger partial charge >= 0.3 is 0 Å². The van der Waals surface area contributed by atoms with Crippen LogP contribution in [0.3, 0.4) is 0 Å². The molecule has 0 spiro atoms. The lowest BCUT2D eigenvalue weighted by Crippen LogP contribution is -2.41. The number of terminal acetylenes is 1. The third-order valence-corrected chi connectivity index (χ3v) is 3.21. The van der Waals surface area contributed by atoms with E-state index in [4.69, 9.17) is 6.42 Å². The van der Waals surface area contributed by atoms with Crippen LogP contribution in [0, 0.1) is 12.3 Å². The molecule has 0 saturated heterocycles. The Morgan fingerprint density at radius 3 is 2.71 bits per heavy atom. The number of carbonyl (C=O) groups is 1. The van der Waals surface area contributed by atoms with Crippen molar-refractivity contribution in [3.63, 3.8) is 0 Å². The molecule has 0 fully saturated rings. The molecule has 2 nitrogen and oxygen atoms in total. The van der Waals surface area contributed by atoms with Crippen molar-refractivity contribution < 1.29 is 4.79 Å². The summed E-state index contributed by atoms with van der Waals surface area (Å²) in [5.74, 6) is 2.37. The van der Waals surface area contributed by atoms with E-state index in [0.717, 1.165) is 3.79 Å². The number of hydrogen-bond acceptors (Lipinski definition) is 2. The van der Waals surface area contributed by atoms with Crippen molar-refractivity contribution in [2.75, 3.05) is 0 Å². The second-order valence-electron chi connectivity index (χ2n) is 3.33. The molecule has 0 atom stereocenters. The van der Waals surface area contributed by atoms with Crippen molar-refractivity contribution in [1.29, 1.82) is 0 Å². The van der Waals surface area contributed by atoms with Crippen LogP contribution in [-0.2, 0) is 0 Å². The van der Waals surface area contributed by atoms with Crippen LogP contribution in [0.4, 0.5) is 0 Å². The van der Waals surface area contributed by atoms with Gasteiger partial charge in [-0.3, -0.25) is 4.79 Å². The first-order valence-electron chi connectivity index (χ1n) is 4.00. The molecule has 14 heavy (non-hydrogen) atoms. The summed E-state index contributed by atoms with van der Waals surface area (Å²) in [6.45, 7) is 3.57. The van der Waals surface area contributed by atoms with Crippen molar-refractivity contribution >= 4 is 33.2 Å². The smallest absolute Gasteiger partial charge is 0.262 e. The van der Waals surface area contributed by atoms with E-state index >= 15 is 0 Å². The van der Waals surface area contributed by atoms with Gasteiger partial charge in [-0.2, -0.15) is 0 Å². The van der Waals surface area contributed by atoms with Gasteiger partial charge in [-0.25, -0.2) is 0 Å². The summed E-state index contributed by atoms with van der Waals surface area (Å²) < 4.78 is 0.932. The van der Waals surface area contributed by atoms with Crippen molar-refractivity contribution in [3.05, 3.63) is 20.8 Å². The molecule has 1 heterocycles. The number of thiophene rings is 1. The van der Waals surface area contributed by atoms with E-state index < -0.39 is 5.54 Å². The maximum Gasteiger partial charge on any atom is 0.262 e. The summed E-state index contributed by atoms with van der Waals surface area (Å²) in [5.41, 5.74) is -0.604. The van der Waals surface area contributed by atoms with Gasteiger partial charge in [-0.1, -0.05) is 5.92 Å². The van der Waals surface area contributed by atoms with Gasteiger partial charge in [0.25, 0.3) is 5.91 Å². The lowest BCUT2D eigenvalue weighted by Gasteiger charge is -2.18. The predicted molar refractivity (Wildman–Crippen MR) is 62.4 cm³/mol. The number of rotatable bonds is 2. The Morgan fingerprint density at radius 1 is 1.64 bits per heavy atom. The molecule has 74 valence electrons. The molecule has 0 aromatic carbocycles. The van der Waals surface area contributed by atoms with Crippen LogP contribution < -0.4 is 5.32 Å². The van der Waals surface area contributed by atoms with E-state index in [2.05, 4.69) is 27.2 Å². The van der Waals surface area contributed by atoms with Gasteiger partial charge < -0.3 is 5.32 Å². The number of hydrogen-bond donors (Lipinski definition) is 1. The van der Waals surface area contributed by atoms with Gasteiger partial charge in [0.15, 0.2) is 0 Å².